The summed E-state index contributed by atoms with van der Waals surface area (Å²) >= 11 is 0. The number of aliphatic hydroxyl groups excluding tert-OH is 1. The molecule has 112 valence electrons. The maximum absolute atomic E-state index is 9.16. The summed E-state index contributed by atoms with van der Waals surface area (Å²) in [7, 11) is 0. The van der Waals surface area contributed by atoms with E-state index < -0.39 is 0 Å². The van der Waals surface area contributed by atoms with Crippen LogP contribution in [0.25, 0.3) is 10.9 Å². The van der Waals surface area contributed by atoms with Gasteiger partial charge in [-0.1, -0.05) is 32.0 Å². The van der Waals surface area contributed by atoms with Gasteiger partial charge in [0.25, 0.3) is 0 Å². The molecular weight excluding hydrogens is 274 g/mol. The molecule has 1 N–H and O–H groups in total. The first kappa shape index (κ1) is 14.5. The van der Waals surface area contributed by atoms with Crippen LogP contribution in [-0.2, 0) is 6.61 Å². The van der Waals surface area contributed by atoms with Crippen molar-refractivity contribution in [1.82, 2.24) is 4.98 Å². The van der Waals surface area contributed by atoms with Crippen LogP contribution in [0.15, 0.2) is 54.6 Å². The lowest BCUT2D eigenvalue weighted by atomic mass is 10.0. The number of aromatic nitrogens is 1. The summed E-state index contributed by atoms with van der Waals surface area (Å²) in [6.45, 7) is 4.37. The van der Waals surface area contributed by atoms with Crippen LogP contribution >= 0.6 is 0 Å². The predicted molar refractivity (Wildman–Crippen MR) is 88.3 cm³/mol. The molecular formula is C19H19NO2. The summed E-state index contributed by atoms with van der Waals surface area (Å²) in [5.74, 6) is 1.86. The molecule has 0 radical (unpaired) electrons. The third kappa shape index (κ3) is 3.10. The van der Waals surface area contributed by atoms with Gasteiger partial charge in [-0.3, -0.25) is 0 Å². The minimum Gasteiger partial charge on any atom is -0.439 e. The summed E-state index contributed by atoms with van der Waals surface area (Å²) < 4.78 is 5.82. The zero-order valence-corrected chi connectivity index (χ0v) is 12.8. The van der Waals surface area contributed by atoms with Gasteiger partial charge in [0.05, 0.1) is 12.1 Å². The van der Waals surface area contributed by atoms with Gasteiger partial charge in [-0.2, -0.15) is 0 Å². The molecule has 0 bridgehead atoms. The van der Waals surface area contributed by atoms with Crippen LogP contribution in [0.5, 0.6) is 11.6 Å². The second-order valence-corrected chi connectivity index (χ2v) is 5.66. The van der Waals surface area contributed by atoms with E-state index in [2.05, 4.69) is 31.0 Å². The third-order valence-electron chi connectivity index (χ3n) is 3.68. The highest BCUT2D eigenvalue weighted by molar-refractivity contribution is 5.79. The zero-order chi connectivity index (χ0) is 15.5. The second kappa shape index (κ2) is 6.16. The molecule has 0 aliphatic rings. The maximum atomic E-state index is 9.16. The molecule has 0 amide bonds. The van der Waals surface area contributed by atoms with Gasteiger partial charge in [-0.25, -0.2) is 4.98 Å². The molecule has 0 saturated carbocycles. The van der Waals surface area contributed by atoms with Gasteiger partial charge in [-0.15, -0.1) is 0 Å². The van der Waals surface area contributed by atoms with Gasteiger partial charge in [0.1, 0.15) is 5.75 Å². The van der Waals surface area contributed by atoms with E-state index in [-0.39, 0.29) is 6.61 Å². The van der Waals surface area contributed by atoms with Crippen LogP contribution in [0, 0.1) is 0 Å². The van der Waals surface area contributed by atoms with Crippen LogP contribution in [0.3, 0.4) is 0 Å². The Morgan fingerprint density at radius 2 is 1.77 bits per heavy atom. The van der Waals surface area contributed by atoms with Crippen LogP contribution in [0.1, 0.15) is 30.9 Å². The van der Waals surface area contributed by atoms with Crippen molar-refractivity contribution in [1.29, 1.82) is 0 Å². The standard InChI is InChI=1S/C19H19NO2/c1-13(2)15-4-7-17(8-5-15)22-19-10-6-16-11-14(12-21)3-9-18(16)20-19/h3-11,13,21H,12H2,1-2H3. The molecule has 3 rings (SSSR count). The number of hydrogen-bond acceptors (Lipinski definition) is 3. The number of aliphatic hydroxyl groups is 1. The van der Waals surface area contributed by atoms with Gasteiger partial charge < -0.3 is 9.84 Å². The smallest absolute Gasteiger partial charge is 0.219 e. The Kier molecular flexibility index (Phi) is 4.07. The molecule has 3 aromatic rings. The van der Waals surface area contributed by atoms with E-state index in [0.717, 1.165) is 22.2 Å². The Morgan fingerprint density at radius 3 is 2.45 bits per heavy atom. The van der Waals surface area contributed by atoms with Gasteiger partial charge in [-0.05, 0) is 47.4 Å². The Labute approximate surface area is 130 Å². The molecule has 3 nitrogen and oxygen atoms in total. The van der Waals surface area contributed by atoms with E-state index in [9.17, 15) is 0 Å². The van der Waals surface area contributed by atoms with Crippen molar-refractivity contribution in [2.45, 2.75) is 26.4 Å². The van der Waals surface area contributed by atoms with Crippen LogP contribution < -0.4 is 4.74 Å². The minimum atomic E-state index is 0.0381. The van der Waals surface area contributed by atoms with Gasteiger partial charge >= 0.3 is 0 Å². The fourth-order valence-electron chi connectivity index (χ4n) is 2.35. The number of rotatable bonds is 4. The summed E-state index contributed by atoms with van der Waals surface area (Å²) in [5, 5.41) is 10.2. The monoisotopic (exact) mass is 293 g/mol. The summed E-state index contributed by atoms with van der Waals surface area (Å²) in [5.41, 5.74) is 3.02. The van der Waals surface area contributed by atoms with Crippen LogP contribution in [0.4, 0.5) is 0 Å². The van der Waals surface area contributed by atoms with Crippen molar-refractivity contribution in [2.24, 2.45) is 0 Å². The molecule has 3 heteroatoms. The molecule has 0 spiro atoms. The molecule has 0 fully saturated rings. The summed E-state index contributed by atoms with van der Waals surface area (Å²) in [6.07, 6.45) is 0. The van der Waals surface area contributed by atoms with Crippen molar-refractivity contribution in [3.63, 3.8) is 0 Å². The molecule has 2 aromatic carbocycles. The lowest BCUT2D eigenvalue weighted by Gasteiger charge is -2.09. The number of fused-ring (bicyclic) bond motifs is 1. The maximum Gasteiger partial charge on any atom is 0.219 e. The first-order valence-corrected chi connectivity index (χ1v) is 7.44. The van der Waals surface area contributed by atoms with Crippen LogP contribution in [-0.4, -0.2) is 10.1 Å². The van der Waals surface area contributed by atoms with Crippen molar-refractivity contribution in [3.8, 4) is 11.6 Å². The zero-order valence-electron chi connectivity index (χ0n) is 12.8. The van der Waals surface area contributed by atoms with E-state index in [1.54, 1.807) is 0 Å². The van der Waals surface area contributed by atoms with E-state index in [0.29, 0.717) is 11.8 Å². The molecule has 0 aliphatic carbocycles. The highest BCUT2D eigenvalue weighted by atomic mass is 16.5. The van der Waals surface area contributed by atoms with Crippen molar-refractivity contribution in [2.75, 3.05) is 0 Å². The number of nitrogens with zero attached hydrogens (tertiary/aromatic N) is 1. The highest BCUT2D eigenvalue weighted by Crippen LogP contribution is 2.25. The minimum absolute atomic E-state index is 0.0381. The second-order valence-electron chi connectivity index (χ2n) is 5.66. The topological polar surface area (TPSA) is 42.4 Å². The Bertz CT molecular complexity index is 779. The van der Waals surface area contributed by atoms with Gasteiger partial charge in [0.2, 0.25) is 5.88 Å². The average Bonchev–Trinajstić information content (AvgIpc) is 2.55. The average molecular weight is 293 g/mol. The fourth-order valence-corrected chi connectivity index (χ4v) is 2.35. The quantitative estimate of drug-likeness (QED) is 0.761. The summed E-state index contributed by atoms with van der Waals surface area (Å²) in [6, 6.07) is 17.6. The first-order chi connectivity index (χ1) is 10.7. The van der Waals surface area contributed by atoms with Gasteiger partial charge in [0, 0.05) is 11.5 Å². The van der Waals surface area contributed by atoms with E-state index in [1.165, 1.54) is 5.56 Å². The van der Waals surface area contributed by atoms with E-state index in [1.807, 2.05) is 42.5 Å². The lowest BCUT2D eigenvalue weighted by molar-refractivity contribution is 0.282. The largest absolute Gasteiger partial charge is 0.439 e. The Hall–Kier alpha value is -2.39. The van der Waals surface area contributed by atoms with E-state index >= 15 is 0 Å². The highest BCUT2D eigenvalue weighted by Gasteiger charge is 2.04. The SMILES string of the molecule is CC(C)c1ccc(Oc2ccc3cc(CO)ccc3n2)cc1. The van der Waals surface area contributed by atoms with E-state index in [4.69, 9.17) is 9.84 Å². The van der Waals surface area contributed by atoms with Crippen molar-refractivity contribution < 1.29 is 9.84 Å². The summed E-state index contributed by atoms with van der Waals surface area (Å²) in [4.78, 5) is 4.50. The lowest BCUT2D eigenvalue weighted by Crippen LogP contribution is -1.91. The molecule has 0 aliphatic heterocycles. The Balaban J connectivity index is 1.84. The molecule has 1 aromatic heterocycles. The van der Waals surface area contributed by atoms with Crippen LogP contribution in [0.2, 0.25) is 0 Å². The number of ether oxygens (including phenoxy) is 1. The molecule has 22 heavy (non-hydrogen) atoms. The van der Waals surface area contributed by atoms with Crippen molar-refractivity contribution in [3.05, 3.63) is 65.7 Å². The molecule has 0 saturated heterocycles. The van der Waals surface area contributed by atoms with Gasteiger partial charge in [0.15, 0.2) is 0 Å². The third-order valence-corrected chi connectivity index (χ3v) is 3.68. The predicted octanol–water partition coefficient (Wildman–Crippen LogP) is 4.64. The van der Waals surface area contributed by atoms with Crippen molar-refractivity contribution >= 4 is 10.9 Å². The number of pyridine rings is 1. The number of benzene rings is 2. The molecule has 0 unspecified atom stereocenters. The Morgan fingerprint density at radius 1 is 1.00 bits per heavy atom. The molecule has 0 atom stereocenters. The molecule has 1 heterocycles. The first-order valence-electron chi connectivity index (χ1n) is 7.44. The number of hydrogen-bond donors (Lipinski definition) is 1. The normalized spacial score (nSPS) is 11.1. The fraction of sp³-hybridized carbons (Fsp3) is 0.211.